The Morgan fingerprint density at radius 3 is 2.68 bits per heavy atom. The van der Waals surface area contributed by atoms with E-state index in [1.54, 1.807) is 6.92 Å². The first kappa shape index (κ1) is 16.1. The van der Waals surface area contributed by atoms with E-state index in [1.807, 2.05) is 0 Å². The first-order valence-electron chi connectivity index (χ1n) is 5.58. The maximum atomic E-state index is 12.9. The van der Waals surface area contributed by atoms with Gasteiger partial charge in [-0.2, -0.15) is 0 Å². The lowest BCUT2D eigenvalue weighted by Crippen LogP contribution is -2.30. The summed E-state index contributed by atoms with van der Waals surface area (Å²) in [7, 11) is -3.76. The fourth-order valence-corrected chi connectivity index (χ4v) is 3.43. The molecule has 1 amide bonds. The molecule has 0 atom stereocenters. The van der Waals surface area contributed by atoms with E-state index in [0.717, 1.165) is 18.2 Å². The molecule has 1 aromatic carbocycles. The van der Waals surface area contributed by atoms with Gasteiger partial charge in [-0.1, -0.05) is 0 Å². The molecule has 1 aromatic rings. The van der Waals surface area contributed by atoms with Gasteiger partial charge < -0.3 is 5.32 Å². The summed E-state index contributed by atoms with van der Waals surface area (Å²) in [6.07, 6.45) is 0.0475. The van der Waals surface area contributed by atoms with Crippen LogP contribution in [0.1, 0.15) is 13.3 Å². The molecule has 106 valence electrons. The molecule has 0 unspecified atom stereocenters. The molecule has 19 heavy (non-hydrogen) atoms. The summed E-state index contributed by atoms with van der Waals surface area (Å²) in [5.41, 5.74) is 0. The van der Waals surface area contributed by atoms with Crippen molar-refractivity contribution >= 4 is 31.9 Å². The number of rotatable bonds is 6. The van der Waals surface area contributed by atoms with Gasteiger partial charge in [0.05, 0.1) is 4.90 Å². The number of nitrogens with one attached hydrogen (secondary N) is 2. The lowest BCUT2D eigenvalue weighted by molar-refractivity contribution is -0.120. The summed E-state index contributed by atoms with van der Waals surface area (Å²) in [4.78, 5) is 11.1. The van der Waals surface area contributed by atoms with E-state index in [-0.39, 0.29) is 28.2 Å². The van der Waals surface area contributed by atoms with Gasteiger partial charge >= 0.3 is 0 Å². The summed E-state index contributed by atoms with van der Waals surface area (Å²) < 4.78 is 39.1. The SMILES string of the molecule is CCNC(=O)CCNS(=O)(=O)c1ccc(F)cc1Br. The molecule has 1 rings (SSSR count). The highest BCUT2D eigenvalue weighted by molar-refractivity contribution is 9.10. The molecule has 0 heterocycles. The second-order valence-electron chi connectivity index (χ2n) is 3.68. The fourth-order valence-electron chi connectivity index (χ4n) is 1.36. The standard InChI is InChI=1S/C11H14BrFN2O3S/c1-2-14-11(16)5-6-15-19(17,18)10-4-3-8(13)7-9(10)12/h3-4,7,15H,2,5-6H2,1H3,(H,14,16). The summed E-state index contributed by atoms with van der Waals surface area (Å²) in [6.45, 7) is 2.25. The van der Waals surface area contributed by atoms with Gasteiger partial charge in [-0.3, -0.25) is 4.79 Å². The molecule has 5 nitrogen and oxygen atoms in total. The Labute approximate surface area is 119 Å². The molecule has 0 spiro atoms. The van der Waals surface area contributed by atoms with Crippen LogP contribution >= 0.6 is 15.9 Å². The first-order chi connectivity index (χ1) is 8.86. The second kappa shape index (κ2) is 6.97. The molecule has 0 radical (unpaired) electrons. The zero-order valence-corrected chi connectivity index (χ0v) is 12.6. The zero-order chi connectivity index (χ0) is 14.5. The maximum absolute atomic E-state index is 12.9. The van der Waals surface area contributed by atoms with Crippen LogP contribution in [0.5, 0.6) is 0 Å². The normalized spacial score (nSPS) is 11.3. The van der Waals surface area contributed by atoms with Gasteiger partial charge in [0.1, 0.15) is 5.82 Å². The topological polar surface area (TPSA) is 75.3 Å². The van der Waals surface area contributed by atoms with E-state index in [2.05, 4.69) is 26.0 Å². The van der Waals surface area contributed by atoms with Crippen molar-refractivity contribution in [3.8, 4) is 0 Å². The van der Waals surface area contributed by atoms with E-state index in [4.69, 9.17) is 0 Å². The number of sulfonamides is 1. The van der Waals surface area contributed by atoms with Gasteiger partial charge in [0, 0.05) is 24.0 Å². The number of benzene rings is 1. The van der Waals surface area contributed by atoms with E-state index in [0.29, 0.717) is 6.54 Å². The number of hydrogen-bond donors (Lipinski definition) is 2. The largest absolute Gasteiger partial charge is 0.356 e. The Bertz CT molecular complexity index is 563. The Hall–Kier alpha value is -0.990. The molecule has 0 saturated heterocycles. The van der Waals surface area contributed by atoms with E-state index < -0.39 is 15.8 Å². The van der Waals surface area contributed by atoms with Crippen LogP contribution in [-0.2, 0) is 14.8 Å². The number of hydrogen-bond acceptors (Lipinski definition) is 3. The molecule has 0 fully saturated rings. The third kappa shape index (κ3) is 4.88. The van der Waals surface area contributed by atoms with Crippen molar-refractivity contribution in [2.45, 2.75) is 18.2 Å². The van der Waals surface area contributed by atoms with Crippen LogP contribution in [0.3, 0.4) is 0 Å². The van der Waals surface area contributed by atoms with Crippen molar-refractivity contribution in [2.24, 2.45) is 0 Å². The fraction of sp³-hybridized carbons (Fsp3) is 0.364. The van der Waals surface area contributed by atoms with E-state index in [1.165, 1.54) is 0 Å². The third-order valence-electron chi connectivity index (χ3n) is 2.20. The van der Waals surface area contributed by atoms with Gasteiger partial charge in [0.2, 0.25) is 15.9 Å². The monoisotopic (exact) mass is 352 g/mol. The quantitative estimate of drug-likeness (QED) is 0.812. The number of carbonyl (C=O) groups excluding carboxylic acids is 1. The van der Waals surface area contributed by atoms with Crippen LogP contribution in [0.4, 0.5) is 4.39 Å². The van der Waals surface area contributed by atoms with Crippen molar-refractivity contribution in [1.82, 2.24) is 10.0 Å². The molecule has 2 N–H and O–H groups in total. The van der Waals surface area contributed by atoms with Crippen molar-refractivity contribution in [2.75, 3.05) is 13.1 Å². The molecule has 0 aliphatic heterocycles. The highest BCUT2D eigenvalue weighted by Crippen LogP contribution is 2.22. The molecule has 0 aliphatic rings. The van der Waals surface area contributed by atoms with Gasteiger partial charge in [0.15, 0.2) is 0 Å². The van der Waals surface area contributed by atoms with Crippen LogP contribution in [0, 0.1) is 5.82 Å². The Kier molecular flexibility index (Phi) is 5.89. The van der Waals surface area contributed by atoms with Crippen LogP contribution in [-0.4, -0.2) is 27.4 Å². The Morgan fingerprint density at radius 1 is 1.42 bits per heavy atom. The highest BCUT2D eigenvalue weighted by atomic mass is 79.9. The van der Waals surface area contributed by atoms with Gasteiger partial charge in [-0.25, -0.2) is 17.5 Å². The van der Waals surface area contributed by atoms with E-state index >= 15 is 0 Å². The summed E-state index contributed by atoms with van der Waals surface area (Å²) in [5, 5.41) is 2.56. The maximum Gasteiger partial charge on any atom is 0.241 e. The van der Waals surface area contributed by atoms with E-state index in [9.17, 15) is 17.6 Å². The molecule has 0 saturated carbocycles. The summed E-state index contributed by atoms with van der Waals surface area (Å²) >= 11 is 2.99. The summed E-state index contributed by atoms with van der Waals surface area (Å²) in [6, 6.07) is 3.29. The minimum Gasteiger partial charge on any atom is -0.356 e. The van der Waals surface area contributed by atoms with Gasteiger partial charge in [-0.15, -0.1) is 0 Å². The van der Waals surface area contributed by atoms with Crippen molar-refractivity contribution in [3.63, 3.8) is 0 Å². The van der Waals surface area contributed by atoms with Crippen LogP contribution < -0.4 is 10.0 Å². The van der Waals surface area contributed by atoms with Gasteiger partial charge in [0.25, 0.3) is 0 Å². The smallest absolute Gasteiger partial charge is 0.241 e. The zero-order valence-electron chi connectivity index (χ0n) is 10.2. The first-order valence-corrected chi connectivity index (χ1v) is 7.86. The average molecular weight is 353 g/mol. The van der Waals surface area contributed by atoms with Crippen LogP contribution in [0.15, 0.2) is 27.6 Å². The summed E-state index contributed by atoms with van der Waals surface area (Å²) in [5.74, 6) is -0.767. The Balaban J connectivity index is 2.68. The molecular weight excluding hydrogens is 339 g/mol. The second-order valence-corrected chi connectivity index (χ2v) is 6.27. The molecule has 0 bridgehead atoms. The predicted molar refractivity (Wildman–Crippen MR) is 72.6 cm³/mol. The lowest BCUT2D eigenvalue weighted by atomic mass is 10.3. The molecule has 0 aromatic heterocycles. The van der Waals surface area contributed by atoms with Crippen molar-refractivity contribution in [1.29, 1.82) is 0 Å². The molecule has 8 heteroatoms. The van der Waals surface area contributed by atoms with Gasteiger partial charge in [-0.05, 0) is 41.1 Å². The minimum absolute atomic E-state index is 0.0159. The predicted octanol–water partition coefficient (Wildman–Crippen LogP) is 1.39. The van der Waals surface area contributed by atoms with Crippen LogP contribution in [0.25, 0.3) is 0 Å². The third-order valence-corrected chi connectivity index (χ3v) is 4.64. The van der Waals surface area contributed by atoms with Crippen molar-refractivity contribution < 1.29 is 17.6 Å². The lowest BCUT2D eigenvalue weighted by Gasteiger charge is -2.08. The average Bonchev–Trinajstić information content (AvgIpc) is 2.28. The number of halogens is 2. The molecule has 0 aliphatic carbocycles. The number of amides is 1. The van der Waals surface area contributed by atoms with Crippen LogP contribution in [0.2, 0.25) is 0 Å². The molecular formula is C11H14BrFN2O3S. The van der Waals surface area contributed by atoms with Crippen molar-refractivity contribution in [3.05, 3.63) is 28.5 Å². The highest BCUT2D eigenvalue weighted by Gasteiger charge is 2.17. The minimum atomic E-state index is -3.76. The number of carbonyl (C=O) groups is 1. The Morgan fingerprint density at radius 2 is 2.11 bits per heavy atom.